The summed E-state index contributed by atoms with van der Waals surface area (Å²) in [4.78, 5) is 25.6. The van der Waals surface area contributed by atoms with Crippen molar-refractivity contribution in [2.75, 3.05) is 0 Å². The number of hydrogen-bond donors (Lipinski definition) is 1. The fourth-order valence-electron chi connectivity index (χ4n) is 5.01. The highest BCUT2D eigenvalue weighted by atomic mass is 19.4. The topological polar surface area (TPSA) is 46.2 Å². The molecule has 0 heterocycles. The summed E-state index contributed by atoms with van der Waals surface area (Å²) in [7, 11) is 0. The Morgan fingerprint density at radius 2 is 1.88 bits per heavy atom. The van der Waals surface area contributed by atoms with Gasteiger partial charge in [0.2, 0.25) is 5.91 Å². The third kappa shape index (κ3) is 3.76. The molecule has 4 aliphatic rings. The largest absolute Gasteiger partial charge is 0.424 e. The average Bonchev–Trinajstić information content (AvgIpc) is 3.51. The molecule has 176 valence electrons. The first-order valence-electron chi connectivity index (χ1n) is 10.2. The molecular formula is C23H25F6NO2. The molecule has 0 saturated heterocycles. The summed E-state index contributed by atoms with van der Waals surface area (Å²) in [5, 5.41) is 2.47. The van der Waals surface area contributed by atoms with Crippen LogP contribution in [0.2, 0.25) is 0 Å². The monoisotopic (exact) mass is 461 g/mol. The van der Waals surface area contributed by atoms with Crippen molar-refractivity contribution in [1.29, 1.82) is 0 Å². The van der Waals surface area contributed by atoms with Gasteiger partial charge in [-0.15, -0.1) is 5.73 Å². The van der Waals surface area contributed by atoms with Gasteiger partial charge in [0.05, 0.1) is 5.41 Å². The molecule has 1 N–H and O–H groups in total. The molecule has 0 radical (unpaired) electrons. The Morgan fingerprint density at radius 3 is 2.50 bits per heavy atom. The number of fused-ring (bicyclic) bond motifs is 3. The van der Waals surface area contributed by atoms with Crippen LogP contribution in [0.1, 0.15) is 36.0 Å². The number of Topliss-reactive ketones (excluding diaryl/α,β-unsaturated/α-hetero) is 1. The molecule has 0 aliphatic heterocycles. The first-order chi connectivity index (χ1) is 14.7. The second kappa shape index (κ2) is 6.98. The smallest absolute Gasteiger partial charge is 0.347 e. The van der Waals surface area contributed by atoms with Crippen molar-refractivity contribution < 1.29 is 38.8 Å². The second-order valence-corrected chi connectivity index (χ2v) is 9.51. The highest BCUT2D eigenvalue weighted by molar-refractivity contribution is 6.02. The van der Waals surface area contributed by atoms with E-state index in [1.54, 1.807) is 0 Å². The van der Waals surface area contributed by atoms with E-state index >= 15 is 0 Å². The molecule has 4 atom stereocenters. The fraction of sp³-hybridized carbons (Fsp3) is 0.522. The number of carbonyl (C=O) groups excluding carboxylic acids is 2. The maximum atomic E-state index is 13.8. The predicted molar refractivity (Wildman–Crippen MR) is 107 cm³/mol. The zero-order chi connectivity index (χ0) is 23.7. The Bertz CT molecular complexity index is 1050. The number of ketones is 1. The van der Waals surface area contributed by atoms with Crippen molar-refractivity contribution in [3.63, 3.8) is 0 Å². The van der Waals surface area contributed by atoms with E-state index in [0.29, 0.717) is 6.42 Å². The highest BCUT2D eigenvalue weighted by Crippen LogP contribution is 2.77. The third-order valence-electron chi connectivity index (χ3n) is 6.64. The Balaban J connectivity index is 0.00000204. The van der Waals surface area contributed by atoms with Gasteiger partial charge in [-0.05, 0) is 50.5 Å². The molecule has 1 amide bonds. The third-order valence-corrected chi connectivity index (χ3v) is 6.64. The van der Waals surface area contributed by atoms with E-state index in [2.05, 4.69) is 5.32 Å². The number of carbonyl (C=O) groups is 2. The van der Waals surface area contributed by atoms with Crippen molar-refractivity contribution in [2.24, 2.45) is 23.2 Å². The second-order valence-electron chi connectivity index (χ2n) is 9.51. The van der Waals surface area contributed by atoms with Crippen LogP contribution in [0, 0.1) is 23.2 Å². The van der Waals surface area contributed by atoms with Gasteiger partial charge in [0, 0.05) is 26.0 Å². The molecule has 2 saturated carbocycles. The summed E-state index contributed by atoms with van der Waals surface area (Å²) < 4.78 is 81.5. The molecular weight excluding hydrogens is 436 g/mol. The Kier molecular flexibility index (Phi) is 4.94. The molecule has 4 aliphatic carbocycles. The zero-order valence-electron chi connectivity index (χ0n) is 17.3. The van der Waals surface area contributed by atoms with Gasteiger partial charge >= 0.3 is 12.4 Å². The van der Waals surface area contributed by atoms with Gasteiger partial charge < -0.3 is 5.32 Å². The van der Waals surface area contributed by atoms with E-state index in [4.69, 9.17) is 0 Å². The van der Waals surface area contributed by atoms with E-state index in [-0.39, 0.29) is 26.7 Å². The Hall–Kier alpha value is -2.54. The first kappa shape index (κ1) is 22.6. The van der Waals surface area contributed by atoms with Crippen LogP contribution in [0.25, 0.3) is 0 Å². The molecule has 0 bridgehead atoms. The summed E-state index contributed by atoms with van der Waals surface area (Å²) >= 11 is 0. The van der Waals surface area contributed by atoms with Crippen molar-refractivity contribution >= 4 is 11.7 Å². The van der Waals surface area contributed by atoms with Crippen LogP contribution in [0.5, 0.6) is 0 Å². The lowest BCUT2D eigenvalue weighted by Crippen LogP contribution is -2.48. The molecule has 32 heavy (non-hydrogen) atoms. The lowest BCUT2D eigenvalue weighted by molar-refractivity contribution is -0.183. The molecule has 9 heteroatoms. The fourth-order valence-corrected chi connectivity index (χ4v) is 5.01. The standard InChI is InChI=1S/C23H21F6NO2.2H2/c1-20(2,11-18(31)13-6-4-3-5-7-15(13)22(24,25)26)30-19(32)16-9-12-8-14(12)17-10-21(16,17)23(27,28)29;;/h3-6,9,12,14,17H,8,10-11H2,1-2H3,(H,30,32);2*1H. The van der Waals surface area contributed by atoms with Gasteiger partial charge in [-0.3, -0.25) is 9.59 Å². The molecule has 4 unspecified atom stereocenters. The lowest BCUT2D eigenvalue weighted by atomic mass is 9.84. The lowest BCUT2D eigenvalue weighted by Gasteiger charge is -2.31. The van der Waals surface area contributed by atoms with Crippen molar-refractivity contribution in [2.45, 2.75) is 51.0 Å². The van der Waals surface area contributed by atoms with Crippen molar-refractivity contribution in [1.82, 2.24) is 5.32 Å². The van der Waals surface area contributed by atoms with Gasteiger partial charge in [-0.25, -0.2) is 0 Å². The normalized spacial score (nSPS) is 30.9. The average molecular weight is 461 g/mol. The zero-order valence-corrected chi connectivity index (χ0v) is 17.3. The molecule has 0 aromatic heterocycles. The van der Waals surface area contributed by atoms with E-state index in [1.807, 2.05) is 5.73 Å². The van der Waals surface area contributed by atoms with E-state index < -0.39 is 58.5 Å². The summed E-state index contributed by atoms with van der Waals surface area (Å²) in [5.74, 6) is -2.51. The Labute approximate surface area is 183 Å². The number of hydrogen-bond acceptors (Lipinski definition) is 2. The molecule has 0 aromatic carbocycles. The van der Waals surface area contributed by atoms with Crippen LogP contribution in [0.15, 0.2) is 52.8 Å². The first-order valence-corrected chi connectivity index (χ1v) is 10.2. The molecule has 0 spiro atoms. The van der Waals surface area contributed by atoms with Gasteiger partial charge in [0.15, 0.2) is 5.78 Å². The van der Waals surface area contributed by atoms with Crippen LogP contribution in [-0.4, -0.2) is 29.6 Å². The summed E-state index contributed by atoms with van der Waals surface area (Å²) in [6, 6.07) is 0. The number of allylic oxidation sites excluding steroid dienone is 6. The number of nitrogens with one attached hydrogen (secondary N) is 1. The van der Waals surface area contributed by atoms with Gasteiger partial charge in [-0.1, -0.05) is 24.3 Å². The number of rotatable bonds is 5. The SMILES string of the molecule is CC(C)(CC(=O)C1=CC=CC=C=C1C(F)(F)F)NC(=O)C1=CC2CC2C2CC12C(F)(F)F.[HH].[HH]. The summed E-state index contributed by atoms with van der Waals surface area (Å²) in [6.07, 6.45) is -3.39. The maximum Gasteiger partial charge on any atom is 0.424 e. The minimum atomic E-state index is -4.81. The van der Waals surface area contributed by atoms with E-state index in [1.165, 1.54) is 32.1 Å². The summed E-state index contributed by atoms with van der Waals surface area (Å²) in [6.45, 7) is 2.80. The van der Waals surface area contributed by atoms with Crippen LogP contribution in [0.3, 0.4) is 0 Å². The van der Waals surface area contributed by atoms with Crippen molar-refractivity contribution in [3.05, 3.63) is 52.8 Å². The quantitative estimate of drug-likeness (QED) is 0.427. The molecule has 2 fully saturated rings. The number of halogens is 6. The summed E-state index contributed by atoms with van der Waals surface area (Å²) in [5.41, 5.74) is -3.66. The van der Waals surface area contributed by atoms with Gasteiger partial charge in [0.25, 0.3) is 0 Å². The minimum absolute atomic E-state index is 0. The van der Waals surface area contributed by atoms with Crippen molar-refractivity contribution in [3.8, 4) is 0 Å². The maximum absolute atomic E-state index is 13.8. The van der Waals surface area contributed by atoms with Crippen LogP contribution in [-0.2, 0) is 9.59 Å². The number of alkyl halides is 6. The highest BCUT2D eigenvalue weighted by Gasteiger charge is 2.79. The van der Waals surface area contributed by atoms with Gasteiger partial charge in [0.1, 0.15) is 5.57 Å². The molecule has 0 aromatic rings. The van der Waals surface area contributed by atoms with Crippen LogP contribution < -0.4 is 5.32 Å². The van der Waals surface area contributed by atoms with Gasteiger partial charge in [-0.2, -0.15) is 26.3 Å². The predicted octanol–water partition coefficient (Wildman–Crippen LogP) is 5.62. The minimum Gasteiger partial charge on any atom is -0.347 e. The van der Waals surface area contributed by atoms with E-state index in [0.717, 1.165) is 12.2 Å². The Morgan fingerprint density at radius 1 is 1.19 bits per heavy atom. The molecule has 4 rings (SSSR count). The van der Waals surface area contributed by atoms with Crippen LogP contribution in [0.4, 0.5) is 26.3 Å². The van der Waals surface area contributed by atoms with Crippen LogP contribution >= 0.6 is 0 Å². The van der Waals surface area contributed by atoms with E-state index in [9.17, 15) is 35.9 Å². The molecule has 3 nitrogen and oxygen atoms in total. The number of amides is 1.